The molecule has 1 heteroatoms. The summed E-state index contributed by atoms with van der Waals surface area (Å²) in [5.41, 5.74) is 18.3. The summed E-state index contributed by atoms with van der Waals surface area (Å²) in [7, 11) is 0. The molecule has 12 aromatic carbocycles. The quantitative estimate of drug-likeness (QED) is 0.139. The normalized spacial score (nSPS) is 11.5. The van der Waals surface area contributed by atoms with Crippen LogP contribution in [0.5, 0.6) is 0 Å². The molecule has 1 heterocycles. The van der Waals surface area contributed by atoms with Gasteiger partial charge in [0.15, 0.2) is 0 Å². The topological polar surface area (TPSA) is 13.1 Å². The van der Waals surface area contributed by atoms with Crippen molar-refractivity contribution in [2.75, 3.05) is 0 Å². The second-order valence-electron chi connectivity index (χ2n) is 18.0. The number of hydrogen-bond donors (Lipinski definition) is 0. The molecule has 13 aromatic rings. The van der Waals surface area contributed by atoms with E-state index in [1.54, 1.807) is 0 Å². The predicted molar refractivity (Wildman–Crippen MR) is 292 cm³/mol. The summed E-state index contributed by atoms with van der Waals surface area (Å²) in [6.07, 6.45) is 0. The molecule has 69 heavy (non-hydrogen) atoms. The highest BCUT2D eigenvalue weighted by molar-refractivity contribution is 6.23. The van der Waals surface area contributed by atoms with Gasteiger partial charge in [0.05, 0.1) is 0 Å². The number of fused-ring (bicyclic) bond motifs is 4. The highest BCUT2D eigenvalue weighted by Gasteiger charge is 2.21. The molecule has 0 radical (unpaired) electrons. The van der Waals surface area contributed by atoms with Crippen LogP contribution in [-0.2, 0) is 0 Å². The Hall–Kier alpha value is -9.04. The van der Waals surface area contributed by atoms with Crippen LogP contribution in [0, 0.1) is 0 Å². The van der Waals surface area contributed by atoms with Crippen LogP contribution in [0.15, 0.2) is 271 Å². The van der Waals surface area contributed by atoms with Crippen molar-refractivity contribution in [1.29, 1.82) is 0 Å². The molecule has 0 atom stereocenters. The predicted octanol–water partition coefficient (Wildman–Crippen LogP) is 19.2. The molecule has 0 saturated carbocycles. The van der Waals surface area contributed by atoms with E-state index >= 15 is 0 Å². The summed E-state index contributed by atoms with van der Waals surface area (Å²) in [6.45, 7) is 0. The van der Waals surface area contributed by atoms with Gasteiger partial charge in [-0.25, -0.2) is 0 Å². The van der Waals surface area contributed by atoms with Crippen molar-refractivity contribution >= 4 is 43.3 Å². The van der Waals surface area contributed by atoms with Crippen molar-refractivity contribution < 1.29 is 4.42 Å². The van der Waals surface area contributed by atoms with Crippen LogP contribution in [0.3, 0.4) is 0 Å². The van der Waals surface area contributed by atoms with E-state index in [2.05, 4.69) is 267 Å². The van der Waals surface area contributed by atoms with Gasteiger partial charge in [-0.05, 0) is 147 Å². The fourth-order valence-corrected chi connectivity index (χ4v) is 10.5. The molecular formula is C68H44O. The molecule has 0 fully saturated rings. The fourth-order valence-electron chi connectivity index (χ4n) is 10.5. The maximum absolute atomic E-state index is 6.85. The number of furan rings is 1. The first-order valence-electron chi connectivity index (χ1n) is 23.7. The summed E-state index contributed by atoms with van der Waals surface area (Å²) >= 11 is 0. The molecule has 0 aliphatic heterocycles. The lowest BCUT2D eigenvalue weighted by Crippen LogP contribution is -1.93. The minimum atomic E-state index is 0.864. The lowest BCUT2D eigenvalue weighted by molar-refractivity contribution is 0.632. The minimum absolute atomic E-state index is 0.864. The molecule has 322 valence electrons. The third kappa shape index (κ3) is 7.29. The first kappa shape index (κ1) is 40.3. The molecule has 1 aromatic heterocycles. The van der Waals surface area contributed by atoms with E-state index in [0.29, 0.717) is 0 Å². The molecule has 0 spiro atoms. The first-order chi connectivity index (χ1) is 34.2. The molecule has 0 aliphatic rings. The standard InChI is InChI=1S/C68H44O/c1-5-17-45(18-6-1)54-34-37-60-62(42-54)65(57-29-15-27-51(40-57)53-32-31-47-21-13-14-26-50(47)39-53)59-36-33-55(46-19-7-2-8-20-46)43-63(59)66(60)58-30-16-28-52(41-58)56-35-38-61-64(44-56)69-68(49-24-11-4-12-25-49)67(61)48-22-9-3-10-23-48/h1-44H. The first-order valence-corrected chi connectivity index (χ1v) is 23.7. The third-order valence-electron chi connectivity index (χ3n) is 13.8. The Morgan fingerprint density at radius 1 is 0.188 bits per heavy atom. The summed E-state index contributed by atoms with van der Waals surface area (Å²) in [5.74, 6) is 0.882. The van der Waals surface area contributed by atoms with Gasteiger partial charge in [-0.3, -0.25) is 0 Å². The molecule has 13 rings (SSSR count). The lowest BCUT2D eigenvalue weighted by atomic mass is 9.83. The van der Waals surface area contributed by atoms with Gasteiger partial charge in [0, 0.05) is 16.5 Å². The van der Waals surface area contributed by atoms with E-state index in [1.807, 2.05) is 0 Å². The maximum Gasteiger partial charge on any atom is 0.143 e. The van der Waals surface area contributed by atoms with Gasteiger partial charge >= 0.3 is 0 Å². The van der Waals surface area contributed by atoms with Gasteiger partial charge in [0.2, 0.25) is 0 Å². The van der Waals surface area contributed by atoms with E-state index in [-0.39, 0.29) is 0 Å². The largest absolute Gasteiger partial charge is 0.455 e. The molecule has 1 nitrogen and oxygen atoms in total. The van der Waals surface area contributed by atoms with Crippen LogP contribution in [0.2, 0.25) is 0 Å². The molecule has 0 N–H and O–H groups in total. The number of rotatable bonds is 8. The van der Waals surface area contributed by atoms with Gasteiger partial charge in [-0.2, -0.15) is 0 Å². The second-order valence-corrected chi connectivity index (χ2v) is 18.0. The highest BCUT2D eigenvalue weighted by Crippen LogP contribution is 2.48. The monoisotopic (exact) mass is 876 g/mol. The summed E-state index contributed by atoms with van der Waals surface area (Å²) < 4.78 is 6.85. The number of hydrogen-bond acceptors (Lipinski definition) is 1. The van der Waals surface area contributed by atoms with Gasteiger partial charge in [-0.15, -0.1) is 0 Å². The Kier molecular flexibility index (Phi) is 9.91. The molecule has 0 amide bonds. The zero-order valence-corrected chi connectivity index (χ0v) is 37.8. The molecule has 0 bridgehead atoms. The van der Waals surface area contributed by atoms with Crippen molar-refractivity contribution in [2.24, 2.45) is 0 Å². The van der Waals surface area contributed by atoms with Crippen molar-refractivity contribution in [3.63, 3.8) is 0 Å². The van der Waals surface area contributed by atoms with Crippen LogP contribution in [0.1, 0.15) is 0 Å². The zero-order valence-electron chi connectivity index (χ0n) is 37.8. The highest BCUT2D eigenvalue weighted by atomic mass is 16.3. The lowest BCUT2D eigenvalue weighted by Gasteiger charge is -2.20. The Balaban J connectivity index is 1.04. The minimum Gasteiger partial charge on any atom is -0.455 e. The SMILES string of the molecule is c1ccc(-c2ccc3c(-c4cccc(-c5ccc6c(-c7ccccc7)c(-c7ccccc7)oc6c5)c4)c4cc(-c5ccccc5)ccc4c(-c4cccc(-c5ccc6ccccc6c5)c4)c3c2)cc1. The van der Waals surface area contributed by atoms with E-state index in [0.717, 1.165) is 50.1 Å². The van der Waals surface area contributed by atoms with E-state index in [4.69, 9.17) is 4.42 Å². The van der Waals surface area contributed by atoms with E-state index in [1.165, 1.54) is 82.4 Å². The van der Waals surface area contributed by atoms with Crippen LogP contribution < -0.4 is 0 Å². The van der Waals surface area contributed by atoms with Gasteiger partial charge in [0.25, 0.3) is 0 Å². The van der Waals surface area contributed by atoms with Crippen molar-refractivity contribution in [1.82, 2.24) is 0 Å². The molecule has 0 saturated heterocycles. The third-order valence-corrected chi connectivity index (χ3v) is 13.8. The Labute approximate surface area is 401 Å². The average molecular weight is 877 g/mol. The van der Waals surface area contributed by atoms with Crippen LogP contribution in [0.4, 0.5) is 0 Å². The summed E-state index contributed by atoms with van der Waals surface area (Å²) in [4.78, 5) is 0. The smallest absolute Gasteiger partial charge is 0.143 e. The second kappa shape index (κ2) is 17.0. The Bertz CT molecular complexity index is 4030. The Morgan fingerprint density at radius 3 is 1.13 bits per heavy atom. The van der Waals surface area contributed by atoms with Crippen LogP contribution >= 0.6 is 0 Å². The van der Waals surface area contributed by atoms with Gasteiger partial charge in [0.1, 0.15) is 11.3 Å². The molecule has 0 unspecified atom stereocenters. The summed E-state index contributed by atoms with van der Waals surface area (Å²) in [6, 6.07) is 97.0. The van der Waals surface area contributed by atoms with Crippen molar-refractivity contribution in [2.45, 2.75) is 0 Å². The maximum atomic E-state index is 6.85. The Morgan fingerprint density at radius 2 is 0.580 bits per heavy atom. The van der Waals surface area contributed by atoms with Crippen molar-refractivity contribution in [3.8, 4) is 89.2 Å². The molecule has 0 aliphatic carbocycles. The van der Waals surface area contributed by atoms with Gasteiger partial charge < -0.3 is 4.42 Å². The average Bonchev–Trinajstić information content (AvgIpc) is 3.82. The molecular weight excluding hydrogens is 833 g/mol. The van der Waals surface area contributed by atoms with Crippen molar-refractivity contribution in [3.05, 3.63) is 267 Å². The summed E-state index contributed by atoms with van der Waals surface area (Å²) in [5, 5.41) is 8.42. The van der Waals surface area contributed by atoms with Crippen LogP contribution in [-0.4, -0.2) is 0 Å². The fraction of sp³-hybridized carbons (Fsp3) is 0. The number of benzene rings is 12. The van der Waals surface area contributed by atoms with E-state index in [9.17, 15) is 0 Å². The van der Waals surface area contributed by atoms with Crippen LogP contribution in [0.25, 0.3) is 132 Å². The zero-order chi connectivity index (χ0) is 45.7. The van der Waals surface area contributed by atoms with Gasteiger partial charge in [-0.1, -0.05) is 224 Å². The van der Waals surface area contributed by atoms with E-state index < -0.39 is 0 Å².